The number of aryl methyl sites for hydroxylation is 1. The highest BCUT2D eigenvalue weighted by Crippen LogP contribution is 2.38. The van der Waals surface area contributed by atoms with E-state index in [1.54, 1.807) is 24.3 Å². The van der Waals surface area contributed by atoms with E-state index >= 15 is 0 Å². The van der Waals surface area contributed by atoms with Crippen molar-refractivity contribution in [3.05, 3.63) is 47.5 Å². The quantitative estimate of drug-likeness (QED) is 0.602. The largest absolute Gasteiger partial charge is 0.493 e. The monoisotopic (exact) mass is 364 g/mol. The number of benzene rings is 2. The van der Waals surface area contributed by atoms with Crippen LogP contribution in [0.2, 0.25) is 0 Å². The summed E-state index contributed by atoms with van der Waals surface area (Å²) in [5.41, 5.74) is 1.50. The average Bonchev–Trinajstić information content (AvgIpc) is 2.61. The van der Waals surface area contributed by atoms with Crippen molar-refractivity contribution < 1.29 is 22.6 Å². The minimum absolute atomic E-state index is 0.134. The molecule has 8 heteroatoms. The van der Waals surface area contributed by atoms with Gasteiger partial charge in [0.25, 0.3) is 10.0 Å². The molecule has 0 atom stereocenters. The third-order valence-corrected chi connectivity index (χ3v) is 4.68. The molecule has 0 heterocycles. The summed E-state index contributed by atoms with van der Waals surface area (Å²) in [6.45, 7) is 1.88. The Balaban J connectivity index is 2.26. The molecule has 0 radical (unpaired) electrons. The maximum Gasteiger partial charge on any atom is 0.276 e. The lowest BCUT2D eigenvalue weighted by Gasteiger charge is -2.13. The van der Waals surface area contributed by atoms with E-state index in [9.17, 15) is 8.42 Å². The van der Waals surface area contributed by atoms with Crippen molar-refractivity contribution in [2.24, 2.45) is 5.10 Å². The molecule has 0 aliphatic heterocycles. The van der Waals surface area contributed by atoms with Gasteiger partial charge in [-0.05, 0) is 31.2 Å². The van der Waals surface area contributed by atoms with E-state index in [1.807, 2.05) is 6.92 Å². The molecule has 0 aliphatic carbocycles. The Kier molecular flexibility index (Phi) is 5.87. The van der Waals surface area contributed by atoms with Crippen LogP contribution in [-0.2, 0) is 10.0 Å². The van der Waals surface area contributed by atoms with E-state index in [-0.39, 0.29) is 4.90 Å². The molecule has 0 fully saturated rings. The standard InChI is InChI=1S/C17H20N2O5S/c1-12-5-8-14(9-6-12)25(20,21)19-18-11-13-7-10-15(22-2)17(24-4)16(13)23-3/h5-11,19H,1-4H3/b18-11+. The van der Waals surface area contributed by atoms with Crippen LogP contribution in [-0.4, -0.2) is 36.0 Å². The SMILES string of the molecule is COc1ccc(/C=N/NS(=O)(=O)c2ccc(C)cc2)c(OC)c1OC. The van der Waals surface area contributed by atoms with Crippen molar-refractivity contribution in [1.82, 2.24) is 4.83 Å². The average molecular weight is 364 g/mol. The Labute approximate surface area is 147 Å². The topological polar surface area (TPSA) is 86.2 Å². The van der Waals surface area contributed by atoms with Crippen LogP contribution in [0.5, 0.6) is 17.2 Å². The number of nitrogens with one attached hydrogen (secondary N) is 1. The van der Waals surface area contributed by atoms with Crippen molar-refractivity contribution in [3.8, 4) is 17.2 Å². The first-order chi connectivity index (χ1) is 11.9. The number of methoxy groups -OCH3 is 3. The molecular formula is C17H20N2O5S. The fraction of sp³-hybridized carbons (Fsp3) is 0.235. The molecule has 0 saturated carbocycles. The zero-order chi connectivity index (χ0) is 18.4. The smallest absolute Gasteiger partial charge is 0.276 e. The molecule has 2 rings (SSSR count). The fourth-order valence-electron chi connectivity index (χ4n) is 2.16. The highest BCUT2D eigenvalue weighted by atomic mass is 32.2. The molecule has 0 spiro atoms. The molecule has 0 amide bonds. The number of rotatable bonds is 7. The number of sulfonamides is 1. The highest BCUT2D eigenvalue weighted by molar-refractivity contribution is 7.89. The highest BCUT2D eigenvalue weighted by Gasteiger charge is 2.15. The van der Waals surface area contributed by atoms with Crippen molar-refractivity contribution in [3.63, 3.8) is 0 Å². The molecule has 0 aromatic heterocycles. The van der Waals surface area contributed by atoms with Gasteiger partial charge < -0.3 is 14.2 Å². The van der Waals surface area contributed by atoms with Gasteiger partial charge in [0.1, 0.15) is 0 Å². The Morgan fingerprint density at radius 2 is 1.56 bits per heavy atom. The lowest BCUT2D eigenvalue weighted by Crippen LogP contribution is -2.18. The summed E-state index contributed by atoms with van der Waals surface area (Å²) in [5, 5.41) is 3.81. The van der Waals surface area contributed by atoms with Gasteiger partial charge in [-0.3, -0.25) is 0 Å². The lowest BCUT2D eigenvalue weighted by atomic mass is 10.2. The van der Waals surface area contributed by atoms with Crippen LogP contribution >= 0.6 is 0 Å². The van der Waals surface area contributed by atoms with E-state index < -0.39 is 10.0 Å². The molecule has 0 unspecified atom stereocenters. The number of hydrogen-bond acceptors (Lipinski definition) is 6. The van der Waals surface area contributed by atoms with Gasteiger partial charge in [-0.1, -0.05) is 17.7 Å². The number of nitrogens with zero attached hydrogens (tertiary/aromatic N) is 1. The number of hydrogen-bond donors (Lipinski definition) is 1. The molecule has 2 aromatic rings. The predicted octanol–water partition coefficient (Wildman–Crippen LogP) is 2.33. The molecule has 0 aliphatic rings. The maximum absolute atomic E-state index is 12.2. The van der Waals surface area contributed by atoms with Gasteiger partial charge >= 0.3 is 0 Å². The lowest BCUT2D eigenvalue weighted by molar-refractivity contribution is 0.324. The number of ether oxygens (including phenoxy) is 3. The summed E-state index contributed by atoms with van der Waals surface area (Å²) in [5.74, 6) is 1.28. The van der Waals surface area contributed by atoms with E-state index in [4.69, 9.17) is 14.2 Å². The van der Waals surface area contributed by atoms with Crippen LogP contribution in [0.15, 0.2) is 46.4 Å². The van der Waals surface area contributed by atoms with Gasteiger partial charge in [-0.15, -0.1) is 0 Å². The van der Waals surface area contributed by atoms with Gasteiger partial charge in [0, 0.05) is 5.56 Å². The Hall–Kier alpha value is -2.74. The van der Waals surface area contributed by atoms with E-state index in [0.717, 1.165) is 5.56 Å². The van der Waals surface area contributed by atoms with Gasteiger partial charge in [0.15, 0.2) is 11.5 Å². The van der Waals surface area contributed by atoms with E-state index in [0.29, 0.717) is 22.8 Å². The second kappa shape index (κ2) is 7.89. The molecule has 7 nitrogen and oxygen atoms in total. The van der Waals surface area contributed by atoms with Crippen LogP contribution in [0.1, 0.15) is 11.1 Å². The minimum atomic E-state index is -3.74. The first-order valence-electron chi connectivity index (χ1n) is 7.33. The van der Waals surface area contributed by atoms with Gasteiger partial charge in [0.05, 0.1) is 32.4 Å². The third-order valence-electron chi connectivity index (χ3n) is 3.44. The minimum Gasteiger partial charge on any atom is -0.493 e. The first-order valence-corrected chi connectivity index (χ1v) is 8.81. The zero-order valence-electron chi connectivity index (χ0n) is 14.4. The molecule has 0 saturated heterocycles. The van der Waals surface area contributed by atoms with Crippen LogP contribution in [0.3, 0.4) is 0 Å². The van der Waals surface area contributed by atoms with E-state index in [1.165, 1.54) is 39.7 Å². The van der Waals surface area contributed by atoms with Gasteiger partial charge in [-0.2, -0.15) is 13.5 Å². The molecule has 2 aromatic carbocycles. The van der Waals surface area contributed by atoms with Crippen molar-refractivity contribution in [2.75, 3.05) is 21.3 Å². The summed E-state index contributed by atoms with van der Waals surface area (Å²) in [4.78, 5) is 2.31. The van der Waals surface area contributed by atoms with Gasteiger partial charge in [0.2, 0.25) is 5.75 Å². The summed E-state index contributed by atoms with van der Waals surface area (Å²) in [6, 6.07) is 9.83. The van der Waals surface area contributed by atoms with Crippen molar-refractivity contribution >= 4 is 16.2 Å². The van der Waals surface area contributed by atoms with Crippen LogP contribution in [0.25, 0.3) is 0 Å². The second-order valence-electron chi connectivity index (χ2n) is 5.09. The zero-order valence-corrected chi connectivity index (χ0v) is 15.3. The Bertz CT molecular complexity index is 861. The summed E-state index contributed by atoms with van der Waals surface area (Å²) >= 11 is 0. The van der Waals surface area contributed by atoms with E-state index in [2.05, 4.69) is 9.93 Å². The molecular weight excluding hydrogens is 344 g/mol. The Morgan fingerprint density at radius 3 is 2.12 bits per heavy atom. The summed E-state index contributed by atoms with van der Waals surface area (Å²) in [6.07, 6.45) is 1.34. The van der Waals surface area contributed by atoms with Crippen molar-refractivity contribution in [2.45, 2.75) is 11.8 Å². The maximum atomic E-state index is 12.2. The normalized spacial score (nSPS) is 11.4. The fourth-order valence-corrected chi connectivity index (χ4v) is 2.95. The molecule has 1 N–H and O–H groups in total. The summed E-state index contributed by atoms with van der Waals surface area (Å²) < 4.78 is 40.2. The third kappa shape index (κ3) is 4.21. The van der Waals surface area contributed by atoms with Gasteiger partial charge in [-0.25, -0.2) is 4.83 Å². The molecule has 134 valence electrons. The number of hydrazone groups is 1. The van der Waals surface area contributed by atoms with Crippen LogP contribution < -0.4 is 19.0 Å². The van der Waals surface area contributed by atoms with Crippen molar-refractivity contribution in [1.29, 1.82) is 0 Å². The van der Waals surface area contributed by atoms with Crippen LogP contribution in [0, 0.1) is 6.92 Å². The predicted molar refractivity (Wildman–Crippen MR) is 95.2 cm³/mol. The Morgan fingerprint density at radius 1 is 0.920 bits per heavy atom. The first kappa shape index (κ1) is 18.6. The second-order valence-corrected chi connectivity index (χ2v) is 6.75. The molecule has 0 bridgehead atoms. The molecule has 25 heavy (non-hydrogen) atoms. The van der Waals surface area contributed by atoms with Crippen LogP contribution in [0.4, 0.5) is 0 Å². The summed E-state index contributed by atoms with van der Waals surface area (Å²) in [7, 11) is 0.739.